The van der Waals surface area contributed by atoms with Crippen molar-refractivity contribution in [3.05, 3.63) is 0 Å². The molecule has 0 saturated carbocycles. The van der Waals surface area contributed by atoms with Crippen molar-refractivity contribution in [2.45, 2.75) is 65.8 Å². The monoisotopic (exact) mass is 229 g/mol. The number of carboxylic acid groups (broad SMARTS) is 1. The molecule has 0 aromatic rings. The predicted molar refractivity (Wildman–Crippen MR) is 67.3 cm³/mol. The number of rotatable bonds is 8. The van der Waals surface area contributed by atoms with Crippen molar-refractivity contribution in [1.29, 1.82) is 0 Å². The van der Waals surface area contributed by atoms with Gasteiger partial charge in [-0.25, -0.2) is 0 Å². The molecule has 0 amide bonds. The number of hydrogen-bond donors (Lipinski definition) is 2. The Balaban J connectivity index is 4.11. The zero-order chi connectivity index (χ0) is 12.8. The van der Waals surface area contributed by atoms with Crippen LogP contribution >= 0.6 is 0 Å². The van der Waals surface area contributed by atoms with Gasteiger partial charge in [-0.1, -0.05) is 20.8 Å². The maximum atomic E-state index is 11.2. The van der Waals surface area contributed by atoms with Gasteiger partial charge in [-0.05, 0) is 44.9 Å². The molecule has 0 bridgehead atoms. The van der Waals surface area contributed by atoms with E-state index in [1.807, 2.05) is 13.8 Å². The first-order chi connectivity index (χ1) is 7.35. The van der Waals surface area contributed by atoms with Gasteiger partial charge in [0.2, 0.25) is 0 Å². The number of hydrogen-bond acceptors (Lipinski definition) is 2. The van der Waals surface area contributed by atoms with Gasteiger partial charge in [0, 0.05) is 6.04 Å². The summed E-state index contributed by atoms with van der Waals surface area (Å²) >= 11 is 0. The molecule has 0 aromatic carbocycles. The second kappa shape index (κ2) is 6.89. The third kappa shape index (κ3) is 4.97. The van der Waals surface area contributed by atoms with Crippen LogP contribution in [-0.4, -0.2) is 17.1 Å². The Kier molecular flexibility index (Phi) is 6.65. The Bertz CT molecular complexity index is 218. The average Bonchev–Trinajstić information content (AvgIpc) is 2.25. The first kappa shape index (κ1) is 15.4. The van der Waals surface area contributed by atoms with Crippen molar-refractivity contribution in [2.75, 3.05) is 0 Å². The molecule has 0 aromatic heterocycles. The molecule has 16 heavy (non-hydrogen) atoms. The molecular weight excluding hydrogens is 202 g/mol. The van der Waals surface area contributed by atoms with Crippen LogP contribution in [0.1, 0.15) is 59.8 Å². The summed E-state index contributed by atoms with van der Waals surface area (Å²) in [6, 6.07) is 0.264. The van der Waals surface area contributed by atoms with Crippen molar-refractivity contribution in [3.8, 4) is 0 Å². The Morgan fingerprint density at radius 1 is 1.38 bits per heavy atom. The third-order valence-electron chi connectivity index (χ3n) is 3.65. The van der Waals surface area contributed by atoms with Crippen molar-refractivity contribution >= 4 is 5.97 Å². The first-order valence-corrected chi connectivity index (χ1v) is 6.34. The van der Waals surface area contributed by atoms with Crippen LogP contribution in [0.15, 0.2) is 0 Å². The van der Waals surface area contributed by atoms with Crippen molar-refractivity contribution in [1.82, 2.24) is 0 Å². The third-order valence-corrected chi connectivity index (χ3v) is 3.65. The first-order valence-electron chi connectivity index (χ1n) is 6.34. The summed E-state index contributed by atoms with van der Waals surface area (Å²) in [5.41, 5.74) is 5.29. The number of carbonyl (C=O) groups is 1. The molecular formula is C13H27NO2. The van der Waals surface area contributed by atoms with Crippen LogP contribution in [0.3, 0.4) is 0 Å². The zero-order valence-corrected chi connectivity index (χ0v) is 11.1. The molecule has 0 rings (SSSR count). The molecule has 3 atom stereocenters. The summed E-state index contributed by atoms with van der Waals surface area (Å²) in [4.78, 5) is 11.2. The number of aliphatic carboxylic acids is 1. The quantitative estimate of drug-likeness (QED) is 0.672. The van der Waals surface area contributed by atoms with Crippen LogP contribution < -0.4 is 5.73 Å². The van der Waals surface area contributed by atoms with E-state index in [2.05, 4.69) is 13.8 Å². The molecule has 0 fully saturated rings. The van der Waals surface area contributed by atoms with E-state index in [9.17, 15) is 9.90 Å². The summed E-state index contributed by atoms with van der Waals surface area (Å²) in [6.07, 6.45) is 4.45. The second-order valence-electron chi connectivity index (χ2n) is 5.27. The highest BCUT2D eigenvalue weighted by Crippen LogP contribution is 2.32. The Morgan fingerprint density at radius 3 is 2.31 bits per heavy atom. The summed E-state index contributed by atoms with van der Waals surface area (Å²) in [5.74, 6) is -0.250. The largest absolute Gasteiger partial charge is 0.481 e. The highest BCUT2D eigenvalue weighted by molar-refractivity contribution is 5.73. The lowest BCUT2D eigenvalue weighted by Gasteiger charge is -2.27. The lowest BCUT2D eigenvalue weighted by Crippen LogP contribution is -2.29. The lowest BCUT2D eigenvalue weighted by molar-refractivity contribution is -0.149. The van der Waals surface area contributed by atoms with Crippen LogP contribution in [0.4, 0.5) is 0 Å². The Morgan fingerprint density at radius 2 is 1.94 bits per heavy atom. The highest BCUT2D eigenvalue weighted by Gasteiger charge is 2.32. The second-order valence-corrected chi connectivity index (χ2v) is 5.27. The van der Waals surface area contributed by atoms with Crippen LogP contribution in [0, 0.1) is 11.3 Å². The van der Waals surface area contributed by atoms with E-state index >= 15 is 0 Å². The highest BCUT2D eigenvalue weighted by atomic mass is 16.4. The van der Waals surface area contributed by atoms with Crippen molar-refractivity contribution < 1.29 is 9.90 Å². The Hall–Kier alpha value is -0.570. The number of carboxylic acids is 1. The molecule has 0 aliphatic heterocycles. The molecule has 0 heterocycles. The fourth-order valence-corrected chi connectivity index (χ4v) is 1.96. The van der Waals surface area contributed by atoms with Gasteiger partial charge in [0.05, 0.1) is 5.41 Å². The normalized spacial score (nSPS) is 18.8. The molecule has 0 radical (unpaired) electrons. The van der Waals surface area contributed by atoms with Gasteiger partial charge in [0.25, 0.3) is 0 Å². The smallest absolute Gasteiger partial charge is 0.309 e. The fourth-order valence-electron chi connectivity index (χ4n) is 1.96. The molecule has 3 heteroatoms. The van der Waals surface area contributed by atoms with E-state index in [1.165, 1.54) is 0 Å². The molecule has 0 saturated heterocycles. The van der Waals surface area contributed by atoms with Gasteiger partial charge in [-0.15, -0.1) is 0 Å². The lowest BCUT2D eigenvalue weighted by atomic mass is 9.78. The minimum atomic E-state index is -0.679. The van der Waals surface area contributed by atoms with Crippen LogP contribution in [0.2, 0.25) is 0 Å². The molecule has 0 spiro atoms. The van der Waals surface area contributed by atoms with E-state index < -0.39 is 11.4 Å². The van der Waals surface area contributed by atoms with E-state index in [1.54, 1.807) is 0 Å². The van der Waals surface area contributed by atoms with Gasteiger partial charge in [-0.2, -0.15) is 0 Å². The summed E-state index contributed by atoms with van der Waals surface area (Å²) in [7, 11) is 0. The fraction of sp³-hybridized carbons (Fsp3) is 0.923. The summed E-state index contributed by atoms with van der Waals surface area (Å²) in [5, 5.41) is 9.18. The minimum Gasteiger partial charge on any atom is -0.481 e. The average molecular weight is 229 g/mol. The maximum absolute atomic E-state index is 11.2. The SMILES string of the molecule is CCC(N)CCC(C)CC(C)(CC)C(=O)O. The standard InChI is InChI=1S/C13H27NO2/c1-5-11(14)8-7-10(3)9-13(4,6-2)12(15)16/h10-11H,5-9,14H2,1-4H3,(H,15,16). The van der Waals surface area contributed by atoms with Gasteiger partial charge in [0.1, 0.15) is 0 Å². The van der Waals surface area contributed by atoms with E-state index in [0.717, 1.165) is 25.7 Å². The van der Waals surface area contributed by atoms with Gasteiger partial charge in [0.15, 0.2) is 0 Å². The van der Waals surface area contributed by atoms with Crippen molar-refractivity contribution in [2.24, 2.45) is 17.1 Å². The van der Waals surface area contributed by atoms with E-state index in [0.29, 0.717) is 12.3 Å². The van der Waals surface area contributed by atoms with Crippen molar-refractivity contribution in [3.63, 3.8) is 0 Å². The summed E-state index contributed by atoms with van der Waals surface area (Å²) < 4.78 is 0. The number of nitrogens with two attached hydrogens (primary N) is 1. The maximum Gasteiger partial charge on any atom is 0.309 e. The van der Waals surface area contributed by atoms with Crippen LogP contribution in [-0.2, 0) is 4.79 Å². The topological polar surface area (TPSA) is 63.3 Å². The summed E-state index contributed by atoms with van der Waals surface area (Å²) in [6.45, 7) is 7.99. The van der Waals surface area contributed by atoms with E-state index in [-0.39, 0.29) is 6.04 Å². The molecule has 96 valence electrons. The van der Waals surface area contributed by atoms with Gasteiger partial charge >= 0.3 is 5.97 Å². The van der Waals surface area contributed by atoms with Gasteiger partial charge < -0.3 is 10.8 Å². The van der Waals surface area contributed by atoms with Crippen LogP contribution in [0.25, 0.3) is 0 Å². The molecule has 3 unspecified atom stereocenters. The molecule has 3 nitrogen and oxygen atoms in total. The molecule has 0 aliphatic carbocycles. The minimum absolute atomic E-state index is 0.264. The van der Waals surface area contributed by atoms with E-state index in [4.69, 9.17) is 5.73 Å². The molecule has 0 aliphatic rings. The van der Waals surface area contributed by atoms with Gasteiger partial charge in [-0.3, -0.25) is 4.79 Å². The zero-order valence-electron chi connectivity index (χ0n) is 11.1. The Labute approximate surface area is 99.4 Å². The van der Waals surface area contributed by atoms with Crippen LogP contribution in [0.5, 0.6) is 0 Å². The molecule has 3 N–H and O–H groups in total. The predicted octanol–water partition coefficient (Wildman–Crippen LogP) is 3.03.